The number of methoxy groups -OCH3 is 1. The molecule has 1 heterocycles. The lowest BCUT2D eigenvalue weighted by Gasteiger charge is -2.44. The van der Waals surface area contributed by atoms with E-state index in [1.165, 1.54) is 34.8 Å². The van der Waals surface area contributed by atoms with E-state index in [2.05, 4.69) is 5.32 Å². The number of nitrogens with one attached hydrogen (secondary N) is 1. The predicted molar refractivity (Wildman–Crippen MR) is 81.0 cm³/mol. The van der Waals surface area contributed by atoms with Gasteiger partial charge in [0.15, 0.2) is 18.5 Å². The second kappa shape index (κ2) is 9.33. The van der Waals surface area contributed by atoms with Crippen molar-refractivity contribution in [1.82, 2.24) is 5.32 Å². The van der Waals surface area contributed by atoms with Gasteiger partial charge in [-0.1, -0.05) is 0 Å². The van der Waals surface area contributed by atoms with E-state index < -0.39 is 54.5 Å². The molecule has 1 N–H and O–H groups in total. The van der Waals surface area contributed by atoms with Crippen molar-refractivity contribution in [3.05, 3.63) is 0 Å². The van der Waals surface area contributed by atoms with E-state index in [1.807, 2.05) is 0 Å². The predicted octanol–water partition coefficient (Wildman–Crippen LogP) is -0.711. The molecule has 0 radical (unpaired) electrons. The summed E-state index contributed by atoms with van der Waals surface area (Å²) < 4.78 is 26.2. The molecule has 5 atom stereocenters. The zero-order chi connectivity index (χ0) is 19.1. The summed E-state index contributed by atoms with van der Waals surface area (Å²) in [4.78, 5) is 45.5. The molecule has 25 heavy (non-hydrogen) atoms. The average molecular weight is 361 g/mol. The van der Waals surface area contributed by atoms with Gasteiger partial charge in [0.25, 0.3) is 0 Å². The number of carbonyl (C=O) groups excluding carboxylic acids is 4. The molecule has 0 spiro atoms. The zero-order valence-electron chi connectivity index (χ0n) is 14.8. The molecule has 0 unspecified atom stereocenters. The highest BCUT2D eigenvalue weighted by Crippen LogP contribution is 2.27. The van der Waals surface area contributed by atoms with Crippen LogP contribution in [-0.4, -0.2) is 68.2 Å². The van der Waals surface area contributed by atoms with Crippen LogP contribution in [0.25, 0.3) is 0 Å². The smallest absolute Gasteiger partial charge is 0.303 e. The van der Waals surface area contributed by atoms with Gasteiger partial charge in [-0.25, -0.2) is 0 Å². The maximum absolute atomic E-state index is 11.5. The van der Waals surface area contributed by atoms with Crippen LogP contribution in [0.2, 0.25) is 0 Å². The van der Waals surface area contributed by atoms with Gasteiger partial charge in [0, 0.05) is 34.8 Å². The van der Waals surface area contributed by atoms with E-state index >= 15 is 0 Å². The molecule has 0 aromatic rings. The van der Waals surface area contributed by atoms with Gasteiger partial charge in [-0.2, -0.15) is 0 Å². The topological polar surface area (TPSA) is 126 Å². The number of carbonyl (C=O) groups is 4. The van der Waals surface area contributed by atoms with Crippen molar-refractivity contribution in [3.8, 4) is 0 Å². The lowest BCUT2D eigenvalue weighted by molar-refractivity contribution is -0.271. The van der Waals surface area contributed by atoms with Crippen molar-refractivity contribution in [3.63, 3.8) is 0 Å². The van der Waals surface area contributed by atoms with Crippen molar-refractivity contribution in [2.45, 2.75) is 58.3 Å². The Bertz CT molecular complexity index is 521. The summed E-state index contributed by atoms with van der Waals surface area (Å²) in [6, 6.07) is -0.927. The van der Waals surface area contributed by atoms with Crippen molar-refractivity contribution in [2.75, 3.05) is 13.7 Å². The molecule has 10 nitrogen and oxygen atoms in total. The molecular weight excluding hydrogens is 338 g/mol. The molecule has 1 fully saturated rings. The van der Waals surface area contributed by atoms with Crippen LogP contribution in [-0.2, 0) is 42.9 Å². The molecule has 1 aliphatic heterocycles. The van der Waals surface area contributed by atoms with Crippen LogP contribution in [0.5, 0.6) is 0 Å². The Morgan fingerprint density at radius 2 is 1.48 bits per heavy atom. The Morgan fingerprint density at radius 3 is 1.92 bits per heavy atom. The Balaban J connectivity index is 3.18. The first-order valence-corrected chi connectivity index (χ1v) is 7.58. The number of amides is 1. The number of esters is 3. The van der Waals surface area contributed by atoms with Crippen LogP contribution in [0.15, 0.2) is 0 Å². The van der Waals surface area contributed by atoms with Crippen molar-refractivity contribution >= 4 is 23.8 Å². The highest BCUT2D eigenvalue weighted by molar-refractivity contribution is 5.73. The minimum atomic E-state index is -1.11. The minimum absolute atomic E-state index is 0.252. The Kier molecular flexibility index (Phi) is 7.78. The van der Waals surface area contributed by atoms with Crippen LogP contribution in [0, 0.1) is 0 Å². The summed E-state index contributed by atoms with van der Waals surface area (Å²) in [6.45, 7) is 4.57. The molecule has 0 aliphatic carbocycles. The molecule has 0 aromatic heterocycles. The fraction of sp³-hybridized carbons (Fsp3) is 0.733. The minimum Gasteiger partial charge on any atom is -0.463 e. The van der Waals surface area contributed by atoms with Gasteiger partial charge in [-0.05, 0) is 0 Å². The summed E-state index contributed by atoms with van der Waals surface area (Å²) in [5.74, 6) is -2.29. The molecule has 1 aliphatic rings. The average Bonchev–Trinajstić information content (AvgIpc) is 2.48. The van der Waals surface area contributed by atoms with Crippen molar-refractivity contribution in [2.24, 2.45) is 0 Å². The number of hydrogen-bond donors (Lipinski definition) is 1. The molecule has 0 aromatic carbocycles. The first-order chi connectivity index (χ1) is 11.6. The summed E-state index contributed by atoms with van der Waals surface area (Å²) in [7, 11) is 1.33. The van der Waals surface area contributed by atoms with E-state index in [0.29, 0.717) is 0 Å². The van der Waals surface area contributed by atoms with Gasteiger partial charge in [-0.15, -0.1) is 0 Å². The highest BCUT2D eigenvalue weighted by atomic mass is 16.7. The maximum atomic E-state index is 11.5. The fourth-order valence-corrected chi connectivity index (χ4v) is 2.49. The second-order valence-corrected chi connectivity index (χ2v) is 5.46. The number of rotatable bonds is 6. The highest BCUT2D eigenvalue weighted by Gasteiger charge is 2.50. The third-order valence-electron chi connectivity index (χ3n) is 3.30. The molecule has 10 heteroatoms. The van der Waals surface area contributed by atoms with E-state index in [-0.39, 0.29) is 6.61 Å². The molecule has 0 bridgehead atoms. The Labute approximate surface area is 145 Å². The molecule has 1 saturated heterocycles. The quantitative estimate of drug-likeness (QED) is 0.482. The maximum Gasteiger partial charge on any atom is 0.303 e. The Morgan fingerprint density at radius 1 is 0.920 bits per heavy atom. The van der Waals surface area contributed by atoms with E-state index in [4.69, 9.17) is 23.7 Å². The monoisotopic (exact) mass is 361 g/mol. The van der Waals surface area contributed by atoms with Gasteiger partial charge in [0.2, 0.25) is 5.91 Å². The second-order valence-electron chi connectivity index (χ2n) is 5.46. The molecule has 0 saturated carbocycles. The third-order valence-corrected chi connectivity index (χ3v) is 3.30. The largest absolute Gasteiger partial charge is 0.463 e. The van der Waals surface area contributed by atoms with Crippen LogP contribution >= 0.6 is 0 Å². The summed E-state index contributed by atoms with van der Waals surface area (Å²) in [6.07, 6.45) is -4.17. The van der Waals surface area contributed by atoms with Gasteiger partial charge >= 0.3 is 17.9 Å². The van der Waals surface area contributed by atoms with Crippen LogP contribution in [0.3, 0.4) is 0 Å². The number of ether oxygens (including phenoxy) is 5. The summed E-state index contributed by atoms with van der Waals surface area (Å²) >= 11 is 0. The fourth-order valence-electron chi connectivity index (χ4n) is 2.49. The van der Waals surface area contributed by atoms with Crippen LogP contribution in [0.1, 0.15) is 27.7 Å². The SMILES string of the molecule is CO[C@H]1O[C@H](COC(C)=O)[C@@H](OC(C)=O)[C@@H](OC(C)=O)[C@H]1NC(C)=O. The van der Waals surface area contributed by atoms with E-state index in [9.17, 15) is 19.2 Å². The van der Waals surface area contributed by atoms with Crippen molar-refractivity contribution in [1.29, 1.82) is 0 Å². The summed E-state index contributed by atoms with van der Waals surface area (Å²) in [5, 5.41) is 2.56. The van der Waals surface area contributed by atoms with E-state index in [1.54, 1.807) is 0 Å². The standard InChI is InChI=1S/C15H23NO9/c1-7(17)16-12-14(24-10(4)20)13(23-9(3)19)11(6-22-8(2)18)25-15(12)21-5/h11-15H,6H2,1-5H3,(H,16,17)/t11-,12-,13-,14+,15+/m1/s1. The van der Waals surface area contributed by atoms with Gasteiger partial charge in [0.05, 0.1) is 0 Å². The third kappa shape index (κ3) is 6.31. The lowest BCUT2D eigenvalue weighted by Crippen LogP contribution is -2.66. The number of hydrogen-bond acceptors (Lipinski definition) is 9. The first-order valence-electron chi connectivity index (χ1n) is 7.58. The normalized spacial score (nSPS) is 28.6. The molecular formula is C15H23NO9. The van der Waals surface area contributed by atoms with Gasteiger partial charge in [0.1, 0.15) is 18.8 Å². The molecule has 142 valence electrons. The van der Waals surface area contributed by atoms with Gasteiger partial charge in [-0.3, -0.25) is 19.2 Å². The van der Waals surface area contributed by atoms with Crippen LogP contribution < -0.4 is 5.32 Å². The molecule has 1 rings (SSSR count). The Hall–Kier alpha value is -2.20. The van der Waals surface area contributed by atoms with E-state index in [0.717, 1.165) is 0 Å². The lowest BCUT2D eigenvalue weighted by atomic mass is 9.96. The van der Waals surface area contributed by atoms with Gasteiger partial charge < -0.3 is 29.0 Å². The van der Waals surface area contributed by atoms with Crippen LogP contribution in [0.4, 0.5) is 0 Å². The zero-order valence-corrected chi connectivity index (χ0v) is 14.8. The first kappa shape index (κ1) is 20.8. The summed E-state index contributed by atoms with van der Waals surface area (Å²) in [5.41, 5.74) is 0. The molecule has 1 amide bonds. The van der Waals surface area contributed by atoms with Crippen molar-refractivity contribution < 1.29 is 42.9 Å².